The quantitative estimate of drug-likeness (QED) is 0.620. The Hall–Kier alpha value is -2.92. The molecular formula is C22H22N2O2S. The number of amides is 1. The lowest BCUT2D eigenvalue weighted by molar-refractivity contribution is 0.0975. The first-order valence-electron chi connectivity index (χ1n) is 8.77. The smallest absolute Gasteiger partial charge is 0.261 e. The van der Waals surface area contributed by atoms with Crippen molar-refractivity contribution in [3.63, 3.8) is 0 Å². The molecule has 3 rings (SSSR count). The van der Waals surface area contributed by atoms with Crippen molar-refractivity contribution in [2.75, 3.05) is 12.4 Å². The van der Waals surface area contributed by atoms with Crippen molar-refractivity contribution in [3.05, 3.63) is 71.8 Å². The summed E-state index contributed by atoms with van der Waals surface area (Å²) < 4.78 is 5.39. The van der Waals surface area contributed by atoms with Crippen LogP contribution in [0.15, 0.2) is 60.7 Å². The van der Waals surface area contributed by atoms with Gasteiger partial charge in [0.15, 0.2) is 5.11 Å². The molecule has 0 heterocycles. The van der Waals surface area contributed by atoms with Gasteiger partial charge in [-0.15, -0.1) is 0 Å². The minimum absolute atomic E-state index is 0.243. The Kier molecular flexibility index (Phi) is 5.72. The van der Waals surface area contributed by atoms with Gasteiger partial charge in [0, 0.05) is 5.69 Å². The molecule has 5 heteroatoms. The predicted octanol–water partition coefficient (Wildman–Crippen LogP) is 5.10. The lowest BCUT2D eigenvalue weighted by Crippen LogP contribution is -2.34. The van der Waals surface area contributed by atoms with Crippen LogP contribution in [0.25, 0.3) is 10.8 Å². The molecule has 0 aliphatic rings. The van der Waals surface area contributed by atoms with E-state index in [-0.39, 0.29) is 11.0 Å². The Morgan fingerprint density at radius 3 is 2.22 bits per heavy atom. The van der Waals surface area contributed by atoms with Gasteiger partial charge in [0.2, 0.25) is 0 Å². The van der Waals surface area contributed by atoms with Crippen molar-refractivity contribution >= 4 is 39.7 Å². The zero-order valence-corrected chi connectivity index (χ0v) is 16.4. The standard InChI is InChI=1S/C22H22N2O2S/c1-14(2)15-8-10-18(11-9-15)23-22(27)24-21(25)19-12-16-6-4-5-7-17(16)13-20(19)26-3/h4-14H,1-3H3,(H2,23,24,25,27). The summed E-state index contributed by atoms with van der Waals surface area (Å²) in [5.41, 5.74) is 2.52. The number of thiocarbonyl (C=S) groups is 1. The first-order valence-corrected chi connectivity index (χ1v) is 9.18. The van der Waals surface area contributed by atoms with Crippen LogP contribution in [0.1, 0.15) is 35.7 Å². The fourth-order valence-corrected chi connectivity index (χ4v) is 3.06. The van der Waals surface area contributed by atoms with Gasteiger partial charge in [-0.25, -0.2) is 0 Å². The Morgan fingerprint density at radius 2 is 1.63 bits per heavy atom. The van der Waals surface area contributed by atoms with Crippen molar-refractivity contribution in [2.45, 2.75) is 19.8 Å². The van der Waals surface area contributed by atoms with Gasteiger partial charge in [0.05, 0.1) is 12.7 Å². The Bertz CT molecular complexity index is 981. The molecule has 0 unspecified atom stereocenters. The third-order valence-corrected chi connectivity index (χ3v) is 4.58. The molecule has 4 nitrogen and oxygen atoms in total. The van der Waals surface area contributed by atoms with E-state index in [2.05, 4.69) is 24.5 Å². The lowest BCUT2D eigenvalue weighted by atomic mass is 10.0. The summed E-state index contributed by atoms with van der Waals surface area (Å²) in [6.07, 6.45) is 0. The Morgan fingerprint density at radius 1 is 1.00 bits per heavy atom. The normalized spacial score (nSPS) is 10.7. The number of anilines is 1. The minimum atomic E-state index is -0.311. The van der Waals surface area contributed by atoms with Crippen LogP contribution in [-0.2, 0) is 0 Å². The zero-order chi connectivity index (χ0) is 19.4. The van der Waals surface area contributed by atoms with Gasteiger partial charge in [0.1, 0.15) is 5.75 Å². The fraction of sp³-hybridized carbons (Fsp3) is 0.182. The topological polar surface area (TPSA) is 50.4 Å². The van der Waals surface area contributed by atoms with Crippen LogP contribution in [0.4, 0.5) is 5.69 Å². The summed E-state index contributed by atoms with van der Waals surface area (Å²) in [4.78, 5) is 12.7. The first kappa shape index (κ1) is 18.9. The van der Waals surface area contributed by atoms with E-state index in [1.54, 1.807) is 7.11 Å². The molecule has 3 aromatic carbocycles. The van der Waals surface area contributed by atoms with Crippen molar-refractivity contribution in [2.24, 2.45) is 0 Å². The third kappa shape index (κ3) is 4.44. The maximum Gasteiger partial charge on any atom is 0.261 e. The van der Waals surface area contributed by atoms with E-state index >= 15 is 0 Å². The summed E-state index contributed by atoms with van der Waals surface area (Å²) in [6.45, 7) is 4.29. The van der Waals surface area contributed by atoms with E-state index in [0.717, 1.165) is 16.5 Å². The number of carbonyl (C=O) groups is 1. The van der Waals surface area contributed by atoms with Crippen LogP contribution < -0.4 is 15.4 Å². The van der Waals surface area contributed by atoms with Gasteiger partial charge in [-0.1, -0.05) is 50.2 Å². The minimum Gasteiger partial charge on any atom is -0.496 e. The van der Waals surface area contributed by atoms with Crippen LogP contribution in [0, 0.1) is 0 Å². The van der Waals surface area contributed by atoms with Gasteiger partial charge in [0.25, 0.3) is 5.91 Å². The molecular weight excluding hydrogens is 356 g/mol. The van der Waals surface area contributed by atoms with E-state index in [1.165, 1.54) is 5.56 Å². The van der Waals surface area contributed by atoms with Crippen molar-refractivity contribution in [3.8, 4) is 5.75 Å². The van der Waals surface area contributed by atoms with Crippen LogP contribution in [0.5, 0.6) is 5.75 Å². The molecule has 27 heavy (non-hydrogen) atoms. The SMILES string of the molecule is COc1cc2ccccc2cc1C(=O)NC(=S)Nc1ccc(C(C)C)cc1. The highest BCUT2D eigenvalue weighted by molar-refractivity contribution is 7.80. The highest BCUT2D eigenvalue weighted by Crippen LogP contribution is 2.26. The number of fused-ring (bicyclic) bond motifs is 1. The number of methoxy groups -OCH3 is 1. The van der Waals surface area contributed by atoms with E-state index in [0.29, 0.717) is 17.2 Å². The zero-order valence-electron chi connectivity index (χ0n) is 15.6. The van der Waals surface area contributed by atoms with E-state index in [9.17, 15) is 4.79 Å². The number of hydrogen-bond donors (Lipinski definition) is 2. The number of benzene rings is 3. The monoisotopic (exact) mass is 378 g/mol. The highest BCUT2D eigenvalue weighted by Gasteiger charge is 2.15. The number of rotatable bonds is 4. The molecule has 0 saturated heterocycles. The molecule has 2 N–H and O–H groups in total. The molecule has 0 spiro atoms. The number of ether oxygens (including phenoxy) is 1. The average Bonchev–Trinajstić information content (AvgIpc) is 2.67. The fourth-order valence-electron chi connectivity index (χ4n) is 2.85. The van der Waals surface area contributed by atoms with Crippen LogP contribution >= 0.6 is 12.2 Å². The molecule has 0 atom stereocenters. The number of hydrogen-bond acceptors (Lipinski definition) is 3. The van der Waals surface area contributed by atoms with E-state index in [1.807, 2.05) is 60.7 Å². The van der Waals surface area contributed by atoms with Crippen LogP contribution in [0.2, 0.25) is 0 Å². The maximum atomic E-state index is 12.7. The van der Waals surface area contributed by atoms with Crippen LogP contribution in [0.3, 0.4) is 0 Å². The molecule has 0 fully saturated rings. The Labute approximate surface area is 164 Å². The second-order valence-corrected chi connectivity index (χ2v) is 6.99. The molecule has 0 radical (unpaired) electrons. The number of carbonyl (C=O) groups excluding carboxylic acids is 1. The molecule has 3 aromatic rings. The van der Waals surface area contributed by atoms with Gasteiger partial charge < -0.3 is 10.1 Å². The molecule has 0 saturated carbocycles. The second kappa shape index (κ2) is 8.18. The first-order chi connectivity index (χ1) is 13.0. The van der Waals surface area contributed by atoms with Crippen molar-refractivity contribution in [1.29, 1.82) is 0 Å². The summed E-state index contributed by atoms with van der Waals surface area (Å²) in [5.74, 6) is 0.662. The second-order valence-electron chi connectivity index (χ2n) is 6.58. The average molecular weight is 378 g/mol. The van der Waals surface area contributed by atoms with Crippen molar-refractivity contribution < 1.29 is 9.53 Å². The van der Waals surface area contributed by atoms with Crippen LogP contribution in [-0.4, -0.2) is 18.1 Å². The predicted molar refractivity (Wildman–Crippen MR) is 115 cm³/mol. The summed E-state index contributed by atoms with van der Waals surface area (Å²) in [6, 6.07) is 19.5. The molecule has 0 bridgehead atoms. The maximum absolute atomic E-state index is 12.7. The molecule has 0 aliphatic heterocycles. The summed E-state index contributed by atoms with van der Waals surface area (Å²) in [7, 11) is 1.55. The molecule has 0 aromatic heterocycles. The van der Waals surface area contributed by atoms with Gasteiger partial charge >= 0.3 is 0 Å². The van der Waals surface area contributed by atoms with Gasteiger partial charge in [-0.05, 0) is 58.7 Å². The Balaban J connectivity index is 1.74. The molecule has 138 valence electrons. The third-order valence-electron chi connectivity index (χ3n) is 4.37. The van der Waals surface area contributed by atoms with E-state index in [4.69, 9.17) is 17.0 Å². The van der Waals surface area contributed by atoms with E-state index < -0.39 is 0 Å². The largest absolute Gasteiger partial charge is 0.496 e. The van der Waals surface area contributed by atoms with Gasteiger partial charge in [-0.2, -0.15) is 0 Å². The van der Waals surface area contributed by atoms with Gasteiger partial charge in [-0.3, -0.25) is 10.1 Å². The number of nitrogens with one attached hydrogen (secondary N) is 2. The molecule has 0 aliphatic carbocycles. The summed E-state index contributed by atoms with van der Waals surface area (Å²) in [5, 5.41) is 7.98. The lowest BCUT2D eigenvalue weighted by Gasteiger charge is -2.13. The summed E-state index contributed by atoms with van der Waals surface area (Å²) >= 11 is 5.29. The highest BCUT2D eigenvalue weighted by atomic mass is 32.1. The molecule has 1 amide bonds. The van der Waals surface area contributed by atoms with Crippen molar-refractivity contribution in [1.82, 2.24) is 5.32 Å².